The summed E-state index contributed by atoms with van der Waals surface area (Å²) in [6.45, 7) is 12.7. The van der Waals surface area contributed by atoms with E-state index < -0.39 is 5.60 Å². The molecule has 3 heteroatoms. The van der Waals surface area contributed by atoms with Crippen LogP contribution in [0.15, 0.2) is 0 Å². The van der Waals surface area contributed by atoms with Crippen LogP contribution in [0.25, 0.3) is 0 Å². The molecule has 3 nitrogen and oxygen atoms in total. The van der Waals surface area contributed by atoms with Gasteiger partial charge in [-0.1, -0.05) is 20.8 Å². The predicted octanol–water partition coefficient (Wildman–Crippen LogP) is 1.47. The molecule has 96 valence electrons. The highest BCUT2D eigenvalue weighted by Gasteiger charge is 2.28. The maximum Gasteiger partial charge on any atom is 0.0746 e. The number of hydrogen-bond acceptors (Lipinski definition) is 3. The van der Waals surface area contributed by atoms with E-state index in [2.05, 4.69) is 31.0 Å². The van der Waals surface area contributed by atoms with Crippen molar-refractivity contribution in [2.24, 2.45) is 5.92 Å². The standard InChI is InChI=1S/C13H28N2O/c1-11(2)14-8-12(3)9-15-7-5-6-13(4,16)10-15/h11-12,14,16H,5-10H2,1-4H3. The molecule has 2 N–H and O–H groups in total. The molecule has 1 aliphatic rings. The van der Waals surface area contributed by atoms with Crippen molar-refractivity contribution in [3.63, 3.8) is 0 Å². The quantitative estimate of drug-likeness (QED) is 0.748. The molecule has 0 radical (unpaired) electrons. The van der Waals surface area contributed by atoms with Gasteiger partial charge in [-0.05, 0) is 38.8 Å². The van der Waals surface area contributed by atoms with Crippen LogP contribution in [-0.4, -0.2) is 47.8 Å². The summed E-state index contributed by atoms with van der Waals surface area (Å²) < 4.78 is 0. The van der Waals surface area contributed by atoms with Crippen LogP contribution in [0.2, 0.25) is 0 Å². The summed E-state index contributed by atoms with van der Waals surface area (Å²) in [5.41, 5.74) is -0.469. The SMILES string of the molecule is CC(CNC(C)C)CN1CCCC(C)(O)C1. The van der Waals surface area contributed by atoms with Crippen LogP contribution in [0, 0.1) is 5.92 Å². The molecule has 0 aromatic rings. The molecule has 1 fully saturated rings. The minimum Gasteiger partial charge on any atom is -0.389 e. The second-order valence-electron chi connectivity index (χ2n) is 6.00. The molecule has 2 atom stereocenters. The summed E-state index contributed by atoms with van der Waals surface area (Å²) in [5.74, 6) is 0.649. The van der Waals surface area contributed by atoms with Gasteiger partial charge in [0.2, 0.25) is 0 Å². The van der Waals surface area contributed by atoms with E-state index >= 15 is 0 Å². The van der Waals surface area contributed by atoms with Crippen molar-refractivity contribution in [2.45, 2.75) is 52.2 Å². The van der Waals surface area contributed by atoms with E-state index in [1.165, 1.54) is 0 Å². The molecule has 2 unspecified atom stereocenters. The molecule has 0 aromatic carbocycles. The third-order valence-corrected chi connectivity index (χ3v) is 3.20. The molecule has 1 aliphatic heterocycles. The maximum absolute atomic E-state index is 10.0. The minimum absolute atomic E-state index is 0.469. The normalized spacial score (nSPS) is 29.6. The molecule has 0 saturated carbocycles. The van der Waals surface area contributed by atoms with Gasteiger partial charge in [0.05, 0.1) is 5.60 Å². The Morgan fingerprint density at radius 3 is 2.62 bits per heavy atom. The lowest BCUT2D eigenvalue weighted by Crippen LogP contribution is -2.48. The van der Waals surface area contributed by atoms with Gasteiger partial charge in [-0.2, -0.15) is 0 Å². The molecule has 0 aromatic heterocycles. The highest BCUT2D eigenvalue weighted by molar-refractivity contribution is 4.83. The summed E-state index contributed by atoms with van der Waals surface area (Å²) >= 11 is 0. The molecule has 1 rings (SSSR count). The number of hydrogen-bond donors (Lipinski definition) is 2. The van der Waals surface area contributed by atoms with Crippen LogP contribution in [-0.2, 0) is 0 Å². The van der Waals surface area contributed by atoms with E-state index in [0.717, 1.165) is 39.0 Å². The molecule has 16 heavy (non-hydrogen) atoms. The lowest BCUT2D eigenvalue weighted by Gasteiger charge is -2.38. The average molecular weight is 228 g/mol. The Morgan fingerprint density at radius 2 is 2.06 bits per heavy atom. The van der Waals surface area contributed by atoms with Gasteiger partial charge in [0.25, 0.3) is 0 Å². The predicted molar refractivity (Wildman–Crippen MR) is 68.6 cm³/mol. The number of rotatable bonds is 5. The Hall–Kier alpha value is -0.120. The summed E-state index contributed by atoms with van der Waals surface area (Å²) in [6, 6.07) is 0.562. The van der Waals surface area contributed by atoms with Gasteiger partial charge in [-0.3, -0.25) is 0 Å². The number of likely N-dealkylation sites (tertiary alicyclic amines) is 1. The van der Waals surface area contributed by atoms with E-state index in [0.29, 0.717) is 12.0 Å². The van der Waals surface area contributed by atoms with Gasteiger partial charge >= 0.3 is 0 Å². The smallest absolute Gasteiger partial charge is 0.0746 e. The van der Waals surface area contributed by atoms with Crippen molar-refractivity contribution in [2.75, 3.05) is 26.2 Å². The largest absolute Gasteiger partial charge is 0.389 e. The fourth-order valence-corrected chi connectivity index (χ4v) is 2.42. The Morgan fingerprint density at radius 1 is 1.38 bits per heavy atom. The molecule has 0 aliphatic carbocycles. The highest BCUT2D eigenvalue weighted by atomic mass is 16.3. The first-order valence-corrected chi connectivity index (χ1v) is 6.57. The summed E-state index contributed by atoms with van der Waals surface area (Å²) in [5, 5.41) is 13.5. The number of piperidine rings is 1. The zero-order chi connectivity index (χ0) is 12.2. The first-order valence-electron chi connectivity index (χ1n) is 6.57. The van der Waals surface area contributed by atoms with Crippen LogP contribution in [0.4, 0.5) is 0 Å². The average Bonchev–Trinajstić information content (AvgIpc) is 2.13. The van der Waals surface area contributed by atoms with Crippen LogP contribution in [0.1, 0.15) is 40.5 Å². The zero-order valence-electron chi connectivity index (χ0n) is 11.3. The van der Waals surface area contributed by atoms with Gasteiger partial charge in [0.1, 0.15) is 0 Å². The third kappa shape index (κ3) is 5.28. The van der Waals surface area contributed by atoms with Crippen molar-refractivity contribution in [3.05, 3.63) is 0 Å². The number of nitrogens with zero attached hydrogens (tertiary/aromatic N) is 1. The first kappa shape index (κ1) is 13.9. The molecule has 0 amide bonds. The van der Waals surface area contributed by atoms with Crippen LogP contribution in [0.5, 0.6) is 0 Å². The highest BCUT2D eigenvalue weighted by Crippen LogP contribution is 2.20. The fraction of sp³-hybridized carbons (Fsp3) is 1.00. The lowest BCUT2D eigenvalue weighted by atomic mass is 9.94. The Bertz CT molecular complexity index is 204. The van der Waals surface area contributed by atoms with Crippen LogP contribution in [0.3, 0.4) is 0 Å². The van der Waals surface area contributed by atoms with Crippen molar-refractivity contribution in [1.82, 2.24) is 10.2 Å². The van der Waals surface area contributed by atoms with Crippen LogP contribution >= 0.6 is 0 Å². The van der Waals surface area contributed by atoms with Crippen molar-refractivity contribution < 1.29 is 5.11 Å². The topological polar surface area (TPSA) is 35.5 Å². The first-order chi connectivity index (χ1) is 7.39. The van der Waals surface area contributed by atoms with Gasteiger partial charge in [0.15, 0.2) is 0 Å². The molecular formula is C13H28N2O. The van der Waals surface area contributed by atoms with E-state index in [1.54, 1.807) is 0 Å². The molecule has 0 bridgehead atoms. The maximum atomic E-state index is 10.0. The van der Waals surface area contributed by atoms with Gasteiger partial charge < -0.3 is 15.3 Å². The Kier molecular flexibility index (Phi) is 5.22. The molecule has 1 saturated heterocycles. The number of β-amino-alcohol motifs (C(OH)–C–C–N with tert-alkyl or cyclic N) is 1. The lowest BCUT2D eigenvalue weighted by molar-refractivity contribution is -0.0191. The van der Waals surface area contributed by atoms with Crippen LogP contribution < -0.4 is 5.32 Å². The molecule has 0 spiro atoms. The van der Waals surface area contributed by atoms with E-state index in [9.17, 15) is 5.11 Å². The fourth-order valence-electron chi connectivity index (χ4n) is 2.42. The van der Waals surface area contributed by atoms with Gasteiger partial charge in [-0.15, -0.1) is 0 Å². The number of aliphatic hydroxyl groups is 1. The van der Waals surface area contributed by atoms with Crippen molar-refractivity contribution >= 4 is 0 Å². The number of nitrogens with one attached hydrogen (secondary N) is 1. The molecule has 1 heterocycles. The Balaban J connectivity index is 2.25. The second kappa shape index (κ2) is 5.99. The summed E-state index contributed by atoms with van der Waals surface area (Å²) in [4.78, 5) is 2.40. The van der Waals surface area contributed by atoms with E-state index in [-0.39, 0.29) is 0 Å². The van der Waals surface area contributed by atoms with E-state index in [1.807, 2.05) is 6.92 Å². The van der Waals surface area contributed by atoms with Crippen molar-refractivity contribution in [1.29, 1.82) is 0 Å². The third-order valence-electron chi connectivity index (χ3n) is 3.20. The Labute approximate surface area is 100 Å². The molecular weight excluding hydrogens is 200 g/mol. The summed E-state index contributed by atoms with van der Waals surface area (Å²) in [6.07, 6.45) is 2.07. The van der Waals surface area contributed by atoms with E-state index in [4.69, 9.17) is 0 Å². The van der Waals surface area contributed by atoms with Gasteiger partial charge in [0, 0.05) is 19.1 Å². The monoisotopic (exact) mass is 228 g/mol. The second-order valence-corrected chi connectivity index (χ2v) is 6.00. The van der Waals surface area contributed by atoms with Gasteiger partial charge in [-0.25, -0.2) is 0 Å². The minimum atomic E-state index is -0.469. The zero-order valence-corrected chi connectivity index (χ0v) is 11.3. The summed E-state index contributed by atoms with van der Waals surface area (Å²) in [7, 11) is 0. The van der Waals surface area contributed by atoms with Crippen molar-refractivity contribution in [3.8, 4) is 0 Å².